The molecule has 2 amide bonds. The van der Waals surface area contributed by atoms with E-state index >= 15 is 0 Å². The van der Waals surface area contributed by atoms with E-state index in [9.17, 15) is 19.1 Å². The van der Waals surface area contributed by atoms with Gasteiger partial charge in [-0.2, -0.15) is 0 Å². The fourth-order valence-corrected chi connectivity index (χ4v) is 4.09. The lowest BCUT2D eigenvalue weighted by Crippen LogP contribution is -2.51. The summed E-state index contributed by atoms with van der Waals surface area (Å²) in [5.41, 5.74) is 2.52. The molecule has 0 saturated carbocycles. The number of nitrogens with zero attached hydrogens (tertiary/aromatic N) is 1. The Labute approximate surface area is 187 Å². The quantitative estimate of drug-likeness (QED) is 0.674. The normalized spacial score (nSPS) is 16.3. The van der Waals surface area contributed by atoms with Gasteiger partial charge in [-0.3, -0.25) is 0 Å². The van der Waals surface area contributed by atoms with Crippen LogP contribution in [0.4, 0.5) is 9.18 Å². The lowest BCUT2D eigenvalue weighted by molar-refractivity contribution is -0.139. The van der Waals surface area contributed by atoms with Gasteiger partial charge in [-0.1, -0.05) is 26.0 Å². The van der Waals surface area contributed by atoms with E-state index in [2.05, 4.69) is 5.32 Å². The predicted octanol–water partition coefficient (Wildman–Crippen LogP) is 4.00. The molecule has 2 aromatic carbocycles. The molecule has 0 radical (unpaired) electrons. The number of fused-ring (bicyclic) bond motifs is 1. The summed E-state index contributed by atoms with van der Waals surface area (Å²) in [5.74, 6) is -0.248. The lowest BCUT2D eigenvalue weighted by Gasteiger charge is -2.38. The van der Waals surface area contributed by atoms with Gasteiger partial charge in [0.05, 0.1) is 20.3 Å². The van der Waals surface area contributed by atoms with Crippen LogP contribution in [0.2, 0.25) is 0 Å². The number of carbonyl (C=O) groups is 2. The molecule has 1 aliphatic heterocycles. The fourth-order valence-electron chi connectivity index (χ4n) is 4.09. The summed E-state index contributed by atoms with van der Waals surface area (Å²) >= 11 is 0. The van der Waals surface area contributed by atoms with Crippen molar-refractivity contribution in [3.8, 4) is 11.5 Å². The second kappa shape index (κ2) is 9.89. The smallest absolute Gasteiger partial charge is 0.326 e. The number of benzene rings is 2. The molecule has 0 fully saturated rings. The van der Waals surface area contributed by atoms with Crippen molar-refractivity contribution >= 4 is 12.0 Å². The van der Waals surface area contributed by atoms with E-state index in [0.717, 1.165) is 11.1 Å². The Balaban J connectivity index is 2.03. The minimum Gasteiger partial charge on any atom is -0.493 e. The van der Waals surface area contributed by atoms with Crippen molar-refractivity contribution in [2.24, 2.45) is 5.92 Å². The molecule has 2 N–H and O–H groups in total. The molecule has 0 bridgehead atoms. The largest absolute Gasteiger partial charge is 0.493 e. The Kier molecular flexibility index (Phi) is 7.22. The van der Waals surface area contributed by atoms with Gasteiger partial charge < -0.3 is 24.8 Å². The molecular formula is C24H29FN2O5. The first-order valence-corrected chi connectivity index (χ1v) is 10.5. The maximum atomic E-state index is 13.6. The molecule has 1 aliphatic rings. The van der Waals surface area contributed by atoms with Crippen LogP contribution in [-0.4, -0.2) is 48.8 Å². The minimum atomic E-state index is -1.07. The Morgan fingerprint density at radius 3 is 2.34 bits per heavy atom. The van der Waals surface area contributed by atoms with Crippen molar-refractivity contribution in [3.63, 3.8) is 0 Å². The first kappa shape index (κ1) is 23.4. The van der Waals surface area contributed by atoms with Crippen molar-refractivity contribution < 1.29 is 28.6 Å². The molecule has 2 atom stereocenters. The second-order valence-electron chi connectivity index (χ2n) is 8.27. The van der Waals surface area contributed by atoms with E-state index in [1.807, 2.05) is 26.0 Å². The van der Waals surface area contributed by atoms with Crippen LogP contribution in [0.15, 0.2) is 36.4 Å². The molecule has 172 valence electrons. The molecule has 0 aliphatic carbocycles. The number of hydrogen-bond donors (Lipinski definition) is 2. The zero-order valence-electron chi connectivity index (χ0n) is 18.7. The maximum Gasteiger partial charge on any atom is 0.326 e. The third-order valence-corrected chi connectivity index (χ3v) is 5.62. The molecule has 1 heterocycles. The van der Waals surface area contributed by atoms with Gasteiger partial charge in [0.15, 0.2) is 11.5 Å². The van der Waals surface area contributed by atoms with Crippen LogP contribution < -0.4 is 14.8 Å². The third-order valence-electron chi connectivity index (χ3n) is 5.62. The molecule has 7 nitrogen and oxygen atoms in total. The Morgan fingerprint density at radius 2 is 1.78 bits per heavy atom. The van der Waals surface area contributed by atoms with Crippen molar-refractivity contribution in [1.29, 1.82) is 0 Å². The van der Waals surface area contributed by atoms with Gasteiger partial charge in [-0.05, 0) is 59.7 Å². The number of ether oxygens (including phenoxy) is 2. The monoisotopic (exact) mass is 444 g/mol. The summed E-state index contributed by atoms with van der Waals surface area (Å²) < 4.78 is 24.5. The van der Waals surface area contributed by atoms with Crippen molar-refractivity contribution in [3.05, 3.63) is 58.9 Å². The summed E-state index contributed by atoms with van der Waals surface area (Å²) in [7, 11) is 3.10. The number of urea groups is 1. The Hall–Kier alpha value is -3.29. The summed E-state index contributed by atoms with van der Waals surface area (Å²) in [6.45, 7) is 4.17. The minimum absolute atomic E-state index is 0.100. The van der Waals surface area contributed by atoms with E-state index in [4.69, 9.17) is 9.47 Å². The first-order chi connectivity index (χ1) is 15.2. The number of carbonyl (C=O) groups excluding carboxylic acids is 1. The number of halogens is 1. The number of hydrogen-bond acceptors (Lipinski definition) is 4. The highest BCUT2D eigenvalue weighted by Gasteiger charge is 2.35. The average Bonchev–Trinajstić information content (AvgIpc) is 2.77. The number of nitrogens with one attached hydrogen (secondary N) is 1. The lowest BCUT2D eigenvalue weighted by atomic mass is 9.87. The van der Waals surface area contributed by atoms with Crippen LogP contribution in [0.1, 0.15) is 43.0 Å². The van der Waals surface area contributed by atoms with Crippen LogP contribution in [0.5, 0.6) is 11.5 Å². The standard InChI is InChI=1S/C24H29FN2O5/c1-14(2)11-19(23(28)29)26-24(30)27-10-9-16-12-20(31-3)21(32-4)13-18(16)22(27)15-5-7-17(25)8-6-15/h5-8,12-14,19,22H,9-11H2,1-4H3,(H,26,30)(H,28,29)/t19-,22-/m0/s1. The summed E-state index contributed by atoms with van der Waals surface area (Å²) in [5, 5.41) is 12.2. The zero-order valence-corrected chi connectivity index (χ0v) is 18.7. The molecule has 3 rings (SSSR count). The molecule has 2 aromatic rings. The SMILES string of the molecule is COc1cc2c(cc1OC)[C@H](c1ccc(F)cc1)N(C(=O)N[C@@H](CC(C)C)C(=O)O)CC2. The van der Waals surface area contributed by atoms with Crippen molar-refractivity contribution in [2.75, 3.05) is 20.8 Å². The van der Waals surface area contributed by atoms with E-state index in [-0.39, 0.29) is 11.7 Å². The number of carboxylic acids is 1. The van der Waals surface area contributed by atoms with Crippen molar-refractivity contribution in [2.45, 2.75) is 38.8 Å². The Morgan fingerprint density at radius 1 is 1.16 bits per heavy atom. The van der Waals surface area contributed by atoms with Gasteiger partial charge in [-0.25, -0.2) is 14.0 Å². The van der Waals surface area contributed by atoms with Gasteiger partial charge in [-0.15, -0.1) is 0 Å². The summed E-state index contributed by atoms with van der Waals surface area (Å²) in [6.07, 6.45) is 0.875. The number of carboxylic acid groups (broad SMARTS) is 1. The van der Waals surface area contributed by atoms with Gasteiger partial charge in [0, 0.05) is 6.54 Å². The topological polar surface area (TPSA) is 88.1 Å². The number of amides is 2. The molecule has 0 unspecified atom stereocenters. The number of methoxy groups -OCH3 is 2. The van der Waals surface area contributed by atoms with E-state index in [1.54, 1.807) is 24.1 Å². The van der Waals surface area contributed by atoms with Gasteiger partial charge >= 0.3 is 12.0 Å². The molecule has 0 aromatic heterocycles. The highest BCUT2D eigenvalue weighted by atomic mass is 19.1. The van der Waals surface area contributed by atoms with Gasteiger partial charge in [0.25, 0.3) is 0 Å². The molecule has 0 saturated heterocycles. The summed E-state index contributed by atoms with van der Waals surface area (Å²) in [4.78, 5) is 26.5. The second-order valence-corrected chi connectivity index (χ2v) is 8.27. The molecule has 32 heavy (non-hydrogen) atoms. The van der Waals surface area contributed by atoms with Crippen molar-refractivity contribution in [1.82, 2.24) is 10.2 Å². The Bertz CT molecular complexity index is 977. The van der Waals surface area contributed by atoms with Crippen LogP contribution in [0, 0.1) is 11.7 Å². The van der Waals surface area contributed by atoms with Gasteiger partial charge in [0.2, 0.25) is 0 Å². The highest BCUT2D eigenvalue weighted by molar-refractivity contribution is 5.83. The van der Waals surface area contributed by atoms with Crippen LogP contribution in [0.3, 0.4) is 0 Å². The van der Waals surface area contributed by atoms with E-state index < -0.39 is 24.1 Å². The third kappa shape index (κ3) is 4.95. The fraction of sp³-hybridized carbons (Fsp3) is 0.417. The maximum absolute atomic E-state index is 13.6. The molecule has 8 heteroatoms. The van der Waals surface area contributed by atoms with Gasteiger partial charge in [0.1, 0.15) is 11.9 Å². The van der Waals surface area contributed by atoms with Crippen LogP contribution >= 0.6 is 0 Å². The van der Waals surface area contributed by atoms with E-state index in [1.165, 1.54) is 19.2 Å². The number of rotatable bonds is 7. The average molecular weight is 445 g/mol. The first-order valence-electron chi connectivity index (χ1n) is 10.5. The molecular weight excluding hydrogens is 415 g/mol. The van der Waals surface area contributed by atoms with E-state index in [0.29, 0.717) is 36.4 Å². The zero-order chi connectivity index (χ0) is 23.4. The molecule has 0 spiro atoms. The van der Waals surface area contributed by atoms with Crippen LogP contribution in [0.25, 0.3) is 0 Å². The highest BCUT2D eigenvalue weighted by Crippen LogP contribution is 2.41. The predicted molar refractivity (Wildman–Crippen MR) is 118 cm³/mol. The number of aliphatic carboxylic acids is 1. The van der Waals surface area contributed by atoms with Crippen LogP contribution in [-0.2, 0) is 11.2 Å². The summed E-state index contributed by atoms with van der Waals surface area (Å²) in [6, 6.07) is 7.66.